The smallest absolute Gasteiger partial charge is 0.211 e. The number of isocyanates is 2. The number of hydrogen-bond acceptors (Lipinski definition) is 4. The second-order valence-corrected chi connectivity index (χ2v) is 3.19. The van der Waals surface area contributed by atoms with Crippen LogP contribution in [0.25, 0.3) is 0 Å². The number of hydrogen-bond donors (Lipinski definition) is 0. The zero-order valence-electron chi connectivity index (χ0n) is 7.90. The molecule has 1 rings (SSSR count). The molecule has 1 unspecified atom stereocenters. The van der Waals surface area contributed by atoms with Crippen molar-refractivity contribution in [3.8, 4) is 0 Å². The molecule has 1 atom stereocenters. The van der Waals surface area contributed by atoms with Gasteiger partial charge in [-0.15, -0.1) is 0 Å². The molecule has 1 aliphatic rings. The molecule has 1 saturated carbocycles. The van der Waals surface area contributed by atoms with Crippen LogP contribution in [0.5, 0.6) is 0 Å². The second kappa shape index (κ2) is 6.03. The normalized spacial score (nSPS) is 23.7. The maximum atomic E-state index is 10.1. The molecule has 1 aliphatic carbocycles. The van der Waals surface area contributed by atoms with Gasteiger partial charge in [-0.1, -0.05) is 12.5 Å². The number of aliphatic imine (C=N–C) groups is 2. The Balaban J connectivity index is 2.65. The fourth-order valence-corrected chi connectivity index (χ4v) is 1.67. The maximum absolute atomic E-state index is 10.1. The van der Waals surface area contributed by atoms with Crippen LogP contribution >= 0.6 is 0 Å². The van der Waals surface area contributed by atoms with Crippen molar-refractivity contribution in [3.63, 3.8) is 0 Å². The second-order valence-electron chi connectivity index (χ2n) is 3.19. The lowest BCUT2D eigenvalue weighted by molar-refractivity contribution is 0.521. The van der Waals surface area contributed by atoms with Crippen LogP contribution in [0.1, 0.15) is 25.7 Å². The van der Waals surface area contributed by atoms with E-state index in [0.29, 0.717) is 6.54 Å². The molecule has 4 heteroatoms. The van der Waals surface area contributed by atoms with E-state index >= 15 is 0 Å². The third-order valence-corrected chi connectivity index (χ3v) is 2.34. The lowest BCUT2D eigenvalue weighted by Crippen LogP contribution is -2.13. The lowest BCUT2D eigenvalue weighted by atomic mass is 9.90. The van der Waals surface area contributed by atoms with Crippen molar-refractivity contribution in [2.24, 2.45) is 9.98 Å². The first kappa shape index (κ1) is 10.6. The van der Waals surface area contributed by atoms with Crippen LogP contribution in [0.4, 0.5) is 0 Å². The van der Waals surface area contributed by atoms with Gasteiger partial charge in [-0.3, -0.25) is 0 Å². The molecule has 0 aromatic carbocycles. The van der Waals surface area contributed by atoms with Crippen molar-refractivity contribution in [2.75, 3.05) is 6.54 Å². The van der Waals surface area contributed by atoms with Gasteiger partial charge in [-0.25, -0.2) is 14.6 Å². The average Bonchev–Trinajstić information content (AvgIpc) is 2.21. The summed E-state index contributed by atoms with van der Waals surface area (Å²) in [5.74, 6) is 0. The van der Waals surface area contributed by atoms with Crippen molar-refractivity contribution in [2.45, 2.75) is 31.7 Å². The summed E-state index contributed by atoms with van der Waals surface area (Å²) in [6.45, 7) is 0.337. The highest BCUT2D eigenvalue weighted by molar-refractivity contribution is 5.36. The van der Waals surface area contributed by atoms with E-state index in [1.807, 2.05) is 6.08 Å². The third-order valence-electron chi connectivity index (χ3n) is 2.34. The number of carbonyl (C=O) groups excluding carboxylic acids is 2. The van der Waals surface area contributed by atoms with Gasteiger partial charge in [0.1, 0.15) is 0 Å². The molecule has 14 heavy (non-hydrogen) atoms. The van der Waals surface area contributed by atoms with Crippen LogP contribution in [-0.4, -0.2) is 24.7 Å². The molecule has 0 heterocycles. The summed E-state index contributed by atoms with van der Waals surface area (Å²) in [5, 5.41) is 0. The van der Waals surface area contributed by atoms with E-state index in [4.69, 9.17) is 0 Å². The Hall–Kier alpha value is -1.50. The first-order chi connectivity index (χ1) is 6.88. The van der Waals surface area contributed by atoms with E-state index in [-0.39, 0.29) is 6.04 Å². The molecule has 0 saturated heterocycles. The highest BCUT2D eigenvalue weighted by atomic mass is 16.1. The van der Waals surface area contributed by atoms with E-state index in [1.165, 1.54) is 6.08 Å². The summed E-state index contributed by atoms with van der Waals surface area (Å²) in [5.41, 5.74) is 1.10. The number of nitrogens with zero attached hydrogens (tertiary/aromatic N) is 2. The summed E-state index contributed by atoms with van der Waals surface area (Å²) in [7, 11) is 0. The van der Waals surface area contributed by atoms with Gasteiger partial charge in [0.25, 0.3) is 0 Å². The molecule has 0 bridgehead atoms. The van der Waals surface area contributed by atoms with Crippen molar-refractivity contribution in [3.05, 3.63) is 11.6 Å². The Bertz CT molecular complexity index is 310. The largest absolute Gasteiger partial charge is 0.235 e. The zero-order valence-corrected chi connectivity index (χ0v) is 7.90. The predicted octanol–water partition coefficient (Wildman–Crippen LogP) is 1.53. The first-order valence-corrected chi connectivity index (χ1v) is 4.68. The minimum Gasteiger partial charge on any atom is -0.211 e. The van der Waals surface area contributed by atoms with Crippen LogP contribution in [-0.2, 0) is 9.59 Å². The molecule has 4 nitrogen and oxygen atoms in total. The van der Waals surface area contributed by atoms with Crippen molar-refractivity contribution in [1.29, 1.82) is 0 Å². The molecule has 0 N–H and O–H groups in total. The van der Waals surface area contributed by atoms with Crippen LogP contribution in [0.3, 0.4) is 0 Å². The molecule has 74 valence electrons. The molecule has 0 spiro atoms. The molecule has 0 radical (unpaired) electrons. The Morgan fingerprint density at radius 1 is 1.36 bits per heavy atom. The van der Waals surface area contributed by atoms with Gasteiger partial charge >= 0.3 is 0 Å². The van der Waals surface area contributed by atoms with Gasteiger partial charge in [0.2, 0.25) is 12.2 Å². The van der Waals surface area contributed by atoms with Gasteiger partial charge in [-0.2, -0.15) is 4.99 Å². The Kier molecular flexibility index (Phi) is 4.56. The average molecular weight is 192 g/mol. The van der Waals surface area contributed by atoms with Crippen LogP contribution in [0.2, 0.25) is 0 Å². The minimum absolute atomic E-state index is 0.0388. The number of rotatable bonds is 3. The first-order valence-electron chi connectivity index (χ1n) is 4.68. The van der Waals surface area contributed by atoms with E-state index in [2.05, 4.69) is 9.98 Å². The van der Waals surface area contributed by atoms with Gasteiger partial charge in [0.15, 0.2) is 0 Å². The lowest BCUT2D eigenvalue weighted by Gasteiger charge is -2.20. The van der Waals surface area contributed by atoms with Crippen LogP contribution in [0, 0.1) is 0 Å². The predicted molar refractivity (Wildman–Crippen MR) is 51.4 cm³/mol. The van der Waals surface area contributed by atoms with Crippen molar-refractivity contribution < 1.29 is 9.59 Å². The van der Waals surface area contributed by atoms with Crippen LogP contribution < -0.4 is 0 Å². The standard InChI is InChI=1S/C10H12N2O2/c13-7-11-6-5-9-3-1-2-4-10(9)12-8-14/h5,10H,1-4,6H2. The Morgan fingerprint density at radius 3 is 2.93 bits per heavy atom. The quantitative estimate of drug-likeness (QED) is 0.386. The summed E-state index contributed by atoms with van der Waals surface area (Å²) in [4.78, 5) is 27.2. The molecule has 0 aliphatic heterocycles. The fraction of sp³-hybridized carbons (Fsp3) is 0.600. The van der Waals surface area contributed by atoms with Gasteiger partial charge in [0.05, 0.1) is 12.6 Å². The molecule has 0 aromatic rings. The summed E-state index contributed by atoms with van der Waals surface area (Å²) in [6.07, 6.45) is 8.95. The molecular formula is C10H12N2O2. The van der Waals surface area contributed by atoms with Gasteiger partial charge in [-0.05, 0) is 24.8 Å². The van der Waals surface area contributed by atoms with Crippen LogP contribution in [0.15, 0.2) is 21.6 Å². The summed E-state index contributed by atoms with van der Waals surface area (Å²) < 4.78 is 0. The van der Waals surface area contributed by atoms with Crippen molar-refractivity contribution in [1.82, 2.24) is 0 Å². The minimum atomic E-state index is -0.0388. The fourth-order valence-electron chi connectivity index (χ4n) is 1.67. The maximum Gasteiger partial charge on any atom is 0.235 e. The summed E-state index contributed by atoms with van der Waals surface area (Å²) >= 11 is 0. The Morgan fingerprint density at radius 2 is 2.21 bits per heavy atom. The Labute approximate surface area is 82.4 Å². The zero-order chi connectivity index (χ0) is 10.2. The highest BCUT2D eigenvalue weighted by Crippen LogP contribution is 2.25. The SMILES string of the molecule is O=C=NCC=C1CCCCC1N=C=O. The van der Waals surface area contributed by atoms with E-state index in [0.717, 1.165) is 31.3 Å². The topological polar surface area (TPSA) is 58.9 Å². The molecule has 0 amide bonds. The summed E-state index contributed by atoms with van der Waals surface area (Å²) in [6, 6.07) is -0.0388. The van der Waals surface area contributed by atoms with Gasteiger partial charge in [0, 0.05) is 0 Å². The van der Waals surface area contributed by atoms with E-state index in [1.54, 1.807) is 6.08 Å². The monoisotopic (exact) mass is 192 g/mol. The van der Waals surface area contributed by atoms with Gasteiger partial charge < -0.3 is 0 Å². The van der Waals surface area contributed by atoms with E-state index < -0.39 is 0 Å². The van der Waals surface area contributed by atoms with Crippen molar-refractivity contribution >= 4 is 12.2 Å². The molecule has 0 aromatic heterocycles. The highest BCUT2D eigenvalue weighted by Gasteiger charge is 2.17. The van der Waals surface area contributed by atoms with E-state index in [9.17, 15) is 9.59 Å². The molecular weight excluding hydrogens is 180 g/mol. The third kappa shape index (κ3) is 3.09. The molecule has 1 fully saturated rings.